The predicted octanol–water partition coefficient (Wildman–Crippen LogP) is -1.41. The van der Waals surface area contributed by atoms with Crippen LogP contribution in [-0.4, -0.2) is 85.6 Å². The van der Waals surface area contributed by atoms with Crippen molar-refractivity contribution in [3.8, 4) is 0 Å². The maximum atomic E-state index is 12.4. The van der Waals surface area contributed by atoms with Crippen LogP contribution in [0.15, 0.2) is 0 Å². The van der Waals surface area contributed by atoms with Crippen LogP contribution >= 0.6 is 0 Å². The number of carbonyl (C=O) groups is 2. The second-order valence-corrected chi connectivity index (χ2v) is 7.31. The van der Waals surface area contributed by atoms with Crippen LogP contribution in [0.1, 0.15) is 6.42 Å². The van der Waals surface area contributed by atoms with Crippen molar-refractivity contribution >= 4 is 21.8 Å². The Labute approximate surface area is 117 Å². The molecule has 0 aromatic carbocycles. The highest BCUT2D eigenvalue weighted by Crippen LogP contribution is 2.17. The average molecular weight is 305 g/mol. The summed E-state index contributed by atoms with van der Waals surface area (Å²) in [6.07, 6.45) is -0.336. The van der Waals surface area contributed by atoms with Crippen LogP contribution in [0, 0.1) is 0 Å². The van der Waals surface area contributed by atoms with Gasteiger partial charge in [0.25, 0.3) is 0 Å². The quantitative estimate of drug-likeness (QED) is 0.649. The van der Waals surface area contributed by atoms with Crippen LogP contribution in [0.25, 0.3) is 0 Å². The van der Waals surface area contributed by atoms with E-state index in [4.69, 9.17) is 5.11 Å². The summed E-state index contributed by atoms with van der Waals surface area (Å²) in [6.45, 7) is 2.58. The summed E-state index contributed by atoms with van der Waals surface area (Å²) in [4.78, 5) is 26.3. The molecule has 0 aromatic heterocycles. The summed E-state index contributed by atoms with van der Waals surface area (Å²) < 4.78 is 23.3. The first-order chi connectivity index (χ1) is 9.39. The van der Waals surface area contributed by atoms with Gasteiger partial charge in [-0.1, -0.05) is 0 Å². The van der Waals surface area contributed by atoms with Crippen molar-refractivity contribution in [1.29, 1.82) is 0 Å². The first-order valence-electron chi connectivity index (χ1n) is 6.57. The summed E-state index contributed by atoms with van der Waals surface area (Å²) in [5.41, 5.74) is 0. The highest BCUT2D eigenvalue weighted by atomic mass is 32.2. The van der Waals surface area contributed by atoms with Gasteiger partial charge in [0.2, 0.25) is 0 Å². The third-order valence-corrected chi connectivity index (χ3v) is 5.27. The second kappa shape index (κ2) is 5.96. The number of rotatable bonds is 2. The lowest BCUT2D eigenvalue weighted by atomic mass is 10.2. The number of aliphatic carboxylic acids is 1. The fraction of sp³-hybridized carbons (Fsp3) is 0.818. The predicted molar refractivity (Wildman–Crippen MR) is 71.2 cm³/mol. The number of carboxylic acid groups (broad SMARTS) is 1. The standard InChI is InChI=1S/C11H19N3O5S/c15-10(16)7-9-8-20(18,19)6-5-14(9)11(17)13-3-1-12-2-4-13/h9,12H,1-8H2,(H,15,16). The Morgan fingerprint density at radius 2 is 1.85 bits per heavy atom. The smallest absolute Gasteiger partial charge is 0.320 e. The molecule has 0 bridgehead atoms. The van der Waals surface area contributed by atoms with Crippen molar-refractivity contribution in [3.63, 3.8) is 0 Å². The zero-order chi connectivity index (χ0) is 14.8. The van der Waals surface area contributed by atoms with Crippen LogP contribution in [0.2, 0.25) is 0 Å². The fourth-order valence-electron chi connectivity index (χ4n) is 2.55. The molecule has 2 aliphatic rings. The molecule has 2 amide bonds. The monoisotopic (exact) mass is 305 g/mol. The summed E-state index contributed by atoms with van der Waals surface area (Å²) in [5.74, 6) is -1.46. The molecule has 8 nitrogen and oxygen atoms in total. The van der Waals surface area contributed by atoms with Gasteiger partial charge >= 0.3 is 12.0 Å². The lowest BCUT2D eigenvalue weighted by molar-refractivity contribution is -0.138. The Bertz CT molecular complexity index is 486. The Morgan fingerprint density at radius 3 is 2.45 bits per heavy atom. The number of urea groups is 1. The molecule has 114 valence electrons. The maximum absolute atomic E-state index is 12.4. The maximum Gasteiger partial charge on any atom is 0.320 e. The minimum atomic E-state index is -3.26. The van der Waals surface area contributed by atoms with E-state index in [2.05, 4.69) is 5.32 Å². The van der Waals surface area contributed by atoms with Gasteiger partial charge in [-0.25, -0.2) is 13.2 Å². The number of nitrogens with one attached hydrogen (secondary N) is 1. The summed E-state index contributed by atoms with van der Waals surface area (Å²) >= 11 is 0. The van der Waals surface area contributed by atoms with E-state index in [0.717, 1.165) is 0 Å². The highest BCUT2D eigenvalue weighted by molar-refractivity contribution is 7.91. The third-order valence-electron chi connectivity index (χ3n) is 3.57. The van der Waals surface area contributed by atoms with Crippen LogP contribution in [0.3, 0.4) is 0 Å². The first kappa shape index (κ1) is 15.0. The van der Waals surface area contributed by atoms with Crippen LogP contribution in [0.5, 0.6) is 0 Å². The van der Waals surface area contributed by atoms with E-state index in [1.807, 2.05) is 0 Å². The topological polar surface area (TPSA) is 107 Å². The zero-order valence-corrected chi connectivity index (χ0v) is 11.9. The van der Waals surface area contributed by atoms with E-state index < -0.39 is 21.8 Å². The molecule has 20 heavy (non-hydrogen) atoms. The number of carboxylic acids is 1. The molecule has 2 N–H and O–H groups in total. The number of hydrogen-bond donors (Lipinski definition) is 2. The average Bonchev–Trinajstić information content (AvgIpc) is 2.37. The summed E-state index contributed by atoms with van der Waals surface area (Å²) in [6, 6.07) is -1.03. The number of carbonyl (C=O) groups excluding carboxylic acids is 1. The van der Waals surface area contributed by atoms with Gasteiger partial charge < -0.3 is 20.2 Å². The molecule has 2 aliphatic heterocycles. The largest absolute Gasteiger partial charge is 0.481 e. The molecule has 0 radical (unpaired) electrons. The normalized spacial score (nSPS) is 26.3. The van der Waals surface area contributed by atoms with Gasteiger partial charge in [0, 0.05) is 32.7 Å². The van der Waals surface area contributed by atoms with Gasteiger partial charge in [0.05, 0.1) is 24.0 Å². The minimum Gasteiger partial charge on any atom is -0.481 e. The van der Waals surface area contributed by atoms with Crippen molar-refractivity contribution in [2.75, 3.05) is 44.2 Å². The molecule has 2 saturated heterocycles. The number of hydrogen-bond acceptors (Lipinski definition) is 5. The SMILES string of the molecule is O=C(O)CC1CS(=O)(=O)CCN1C(=O)N1CCNCC1. The van der Waals surface area contributed by atoms with Crippen molar-refractivity contribution in [1.82, 2.24) is 15.1 Å². The van der Waals surface area contributed by atoms with Crippen molar-refractivity contribution in [2.45, 2.75) is 12.5 Å². The van der Waals surface area contributed by atoms with Crippen molar-refractivity contribution in [2.24, 2.45) is 0 Å². The van der Waals surface area contributed by atoms with E-state index in [0.29, 0.717) is 26.2 Å². The molecular weight excluding hydrogens is 286 g/mol. The molecule has 0 spiro atoms. The molecule has 0 aliphatic carbocycles. The molecule has 9 heteroatoms. The lowest BCUT2D eigenvalue weighted by Crippen LogP contribution is -2.58. The van der Waals surface area contributed by atoms with Gasteiger partial charge in [-0.15, -0.1) is 0 Å². The molecule has 2 rings (SSSR count). The lowest BCUT2D eigenvalue weighted by Gasteiger charge is -2.39. The van der Waals surface area contributed by atoms with Crippen LogP contribution < -0.4 is 5.32 Å². The van der Waals surface area contributed by atoms with Gasteiger partial charge in [-0.3, -0.25) is 4.79 Å². The summed E-state index contributed by atoms with van der Waals surface area (Å²) in [7, 11) is -3.26. The summed E-state index contributed by atoms with van der Waals surface area (Å²) in [5, 5.41) is 12.0. The van der Waals surface area contributed by atoms with Gasteiger partial charge in [-0.05, 0) is 0 Å². The molecule has 1 atom stereocenters. The molecule has 0 aromatic rings. The number of amides is 2. The minimum absolute atomic E-state index is 0.0725. The van der Waals surface area contributed by atoms with Crippen LogP contribution in [-0.2, 0) is 14.6 Å². The Hall–Kier alpha value is -1.35. The van der Waals surface area contributed by atoms with E-state index in [1.165, 1.54) is 4.90 Å². The molecule has 2 heterocycles. The molecule has 1 unspecified atom stereocenters. The Kier molecular flexibility index (Phi) is 4.48. The van der Waals surface area contributed by atoms with E-state index in [1.54, 1.807) is 4.90 Å². The fourth-order valence-corrected chi connectivity index (χ4v) is 4.07. The number of sulfone groups is 1. The van der Waals surface area contributed by atoms with Crippen molar-refractivity contribution in [3.05, 3.63) is 0 Å². The highest BCUT2D eigenvalue weighted by Gasteiger charge is 2.37. The Balaban J connectivity index is 2.10. The molecular formula is C11H19N3O5S. The number of piperazine rings is 1. The van der Waals surface area contributed by atoms with E-state index in [9.17, 15) is 18.0 Å². The molecule has 0 saturated carbocycles. The third kappa shape index (κ3) is 3.60. The van der Waals surface area contributed by atoms with Crippen LogP contribution in [0.4, 0.5) is 4.79 Å². The van der Waals surface area contributed by atoms with Gasteiger partial charge in [0.15, 0.2) is 9.84 Å². The van der Waals surface area contributed by atoms with Gasteiger partial charge in [-0.2, -0.15) is 0 Å². The molecule has 2 fully saturated rings. The Morgan fingerprint density at radius 1 is 1.20 bits per heavy atom. The van der Waals surface area contributed by atoms with Crippen molar-refractivity contribution < 1.29 is 23.1 Å². The number of nitrogens with zero attached hydrogens (tertiary/aromatic N) is 2. The van der Waals surface area contributed by atoms with E-state index in [-0.39, 0.29) is 30.5 Å². The van der Waals surface area contributed by atoms with E-state index >= 15 is 0 Å². The first-order valence-corrected chi connectivity index (χ1v) is 8.40. The zero-order valence-electron chi connectivity index (χ0n) is 11.1. The van der Waals surface area contributed by atoms with Gasteiger partial charge in [0.1, 0.15) is 0 Å². The second-order valence-electron chi connectivity index (χ2n) is 5.08.